The third kappa shape index (κ3) is 9.38. The number of carboxylic acid groups (broad SMARTS) is 1. The number of nitrogens with zero attached hydrogens (tertiary/aromatic N) is 3. The molecule has 0 fully saturated rings. The number of alkyl halides is 3. The van der Waals surface area contributed by atoms with Crippen molar-refractivity contribution < 1.29 is 42.1 Å². The van der Waals surface area contributed by atoms with Crippen molar-refractivity contribution in [3.8, 4) is 22.6 Å². The number of pyridine rings is 1. The number of hydrogen-bond acceptors (Lipinski definition) is 9. The summed E-state index contributed by atoms with van der Waals surface area (Å²) in [5.41, 5.74) is 4.17. The Balaban J connectivity index is 1.16. The number of halogens is 3. The zero-order chi connectivity index (χ0) is 42.1. The molecule has 14 heteroatoms. The normalized spacial score (nSPS) is 13.4. The Hall–Kier alpha value is -6.28. The third-order valence-electron chi connectivity index (χ3n) is 9.96. The number of thiazole rings is 1. The first-order chi connectivity index (χ1) is 28.0. The molecule has 10 nitrogen and oxygen atoms in total. The number of carbonyl (C=O) groups excluding carboxylic acids is 2. The van der Waals surface area contributed by atoms with E-state index in [9.17, 15) is 27.6 Å². The van der Waals surface area contributed by atoms with Gasteiger partial charge in [0.15, 0.2) is 10.8 Å². The minimum absolute atomic E-state index is 0.0640. The monoisotopic (exact) mass is 822 g/mol. The van der Waals surface area contributed by atoms with Gasteiger partial charge in [-0.05, 0) is 117 Å². The van der Waals surface area contributed by atoms with Crippen LogP contribution in [0.25, 0.3) is 21.3 Å². The van der Waals surface area contributed by atoms with E-state index in [0.717, 1.165) is 21.3 Å². The van der Waals surface area contributed by atoms with Crippen LogP contribution < -0.4 is 15.0 Å². The maximum absolute atomic E-state index is 13.9. The molecule has 6 aromatic rings. The second-order valence-electron chi connectivity index (χ2n) is 15.2. The molecule has 0 spiro atoms. The summed E-state index contributed by atoms with van der Waals surface area (Å²) in [5.74, 6) is -2.95. The number of rotatable bonds is 11. The van der Waals surface area contributed by atoms with E-state index in [0.29, 0.717) is 58.5 Å². The lowest BCUT2D eigenvalue weighted by atomic mass is 9.93. The van der Waals surface area contributed by atoms with Crippen LogP contribution in [-0.2, 0) is 22.5 Å². The molecular formula is C45H41F3N4O6S. The second kappa shape index (κ2) is 16.5. The fourth-order valence-electron chi connectivity index (χ4n) is 7.10. The van der Waals surface area contributed by atoms with Crippen molar-refractivity contribution in [2.24, 2.45) is 0 Å². The Labute approximate surface area is 342 Å². The summed E-state index contributed by atoms with van der Waals surface area (Å²) in [6.45, 7) is 8.06. The SMILES string of the molecule is Cc1c(Oc2ccc(C(CCC(=O)O)C(F)(F)F)cc2)cccc1-c1ccc(N2CCc3cccc(C(=O)Nc4nc5ccccc5s4)c3C2)nc1C(=O)OC(C)(C)C. The number of hydrogen-bond donors (Lipinski definition) is 2. The Morgan fingerprint density at radius 3 is 2.36 bits per heavy atom. The van der Waals surface area contributed by atoms with E-state index in [1.807, 2.05) is 53.4 Å². The molecule has 304 valence electrons. The number of para-hydroxylation sites is 1. The molecule has 3 heterocycles. The predicted octanol–water partition coefficient (Wildman–Crippen LogP) is 10.7. The van der Waals surface area contributed by atoms with Crippen molar-refractivity contribution in [1.29, 1.82) is 0 Å². The number of carbonyl (C=O) groups is 3. The number of benzene rings is 4. The van der Waals surface area contributed by atoms with Gasteiger partial charge < -0.3 is 19.5 Å². The first kappa shape index (κ1) is 40.9. The van der Waals surface area contributed by atoms with Crippen molar-refractivity contribution in [3.63, 3.8) is 0 Å². The number of fused-ring (bicyclic) bond motifs is 2. The predicted molar refractivity (Wildman–Crippen MR) is 221 cm³/mol. The van der Waals surface area contributed by atoms with Gasteiger partial charge in [-0.25, -0.2) is 14.8 Å². The van der Waals surface area contributed by atoms with Crippen molar-refractivity contribution in [1.82, 2.24) is 9.97 Å². The number of aliphatic carboxylic acids is 1. The van der Waals surface area contributed by atoms with Crippen LogP contribution in [0.15, 0.2) is 97.1 Å². The van der Waals surface area contributed by atoms with Crippen molar-refractivity contribution >= 4 is 50.3 Å². The molecule has 7 rings (SSSR count). The molecule has 1 atom stereocenters. The van der Waals surface area contributed by atoms with Crippen molar-refractivity contribution in [2.75, 3.05) is 16.8 Å². The maximum Gasteiger partial charge on any atom is 0.395 e. The first-order valence-electron chi connectivity index (χ1n) is 19.0. The molecule has 1 aliphatic rings. The highest BCUT2D eigenvalue weighted by atomic mass is 32.1. The molecule has 2 aromatic heterocycles. The van der Waals surface area contributed by atoms with Crippen LogP contribution in [-0.4, -0.2) is 51.2 Å². The molecule has 0 bridgehead atoms. The molecule has 0 aliphatic carbocycles. The highest BCUT2D eigenvalue weighted by Crippen LogP contribution is 2.40. The van der Waals surface area contributed by atoms with E-state index in [-0.39, 0.29) is 22.9 Å². The number of esters is 1. The summed E-state index contributed by atoms with van der Waals surface area (Å²) in [6.07, 6.45) is -5.17. The van der Waals surface area contributed by atoms with E-state index in [4.69, 9.17) is 19.6 Å². The van der Waals surface area contributed by atoms with Crippen LogP contribution in [0.1, 0.15) is 82.6 Å². The van der Waals surface area contributed by atoms with Gasteiger partial charge in [-0.2, -0.15) is 13.2 Å². The van der Waals surface area contributed by atoms with Gasteiger partial charge in [0.05, 0.1) is 16.1 Å². The van der Waals surface area contributed by atoms with Crippen molar-refractivity contribution in [3.05, 3.63) is 131 Å². The van der Waals surface area contributed by atoms with E-state index >= 15 is 0 Å². The summed E-state index contributed by atoms with van der Waals surface area (Å²) in [7, 11) is 0. The van der Waals surface area contributed by atoms with E-state index in [2.05, 4.69) is 10.3 Å². The largest absolute Gasteiger partial charge is 0.481 e. The fraction of sp³-hybridized carbons (Fsp3) is 0.267. The second-order valence-corrected chi connectivity index (χ2v) is 16.3. The zero-order valence-electron chi connectivity index (χ0n) is 32.7. The quantitative estimate of drug-likeness (QED) is 0.123. The summed E-state index contributed by atoms with van der Waals surface area (Å²) >= 11 is 1.40. The van der Waals surface area contributed by atoms with Crippen LogP contribution >= 0.6 is 11.3 Å². The number of aromatic nitrogens is 2. The fourth-order valence-corrected chi connectivity index (χ4v) is 7.96. The van der Waals surface area contributed by atoms with E-state index in [1.54, 1.807) is 52.0 Å². The smallest absolute Gasteiger partial charge is 0.395 e. The minimum atomic E-state index is -4.62. The van der Waals surface area contributed by atoms with Crippen molar-refractivity contribution in [2.45, 2.75) is 71.2 Å². The molecule has 4 aromatic carbocycles. The Kier molecular flexibility index (Phi) is 11.5. The van der Waals surface area contributed by atoms with Crippen LogP contribution in [0.2, 0.25) is 0 Å². The van der Waals surface area contributed by atoms with Gasteiger partial charge in [-0.15, -0.1) is 0 Å². The maximum atomic E-state index is 13.9. The molecule has 2 N–H and O–H groups in total. The van der Waals surface area contributed by atoms with E-state index < -0.39 is 42.5 Å². The van der Waals surface area contributed by atoms with E-state index in [1.165, 1.54) is 35.6 Å². The van der Waals surface area contributed by atoms with Gasteiger partial charge in [0.1, 0.15) is 22.9 Å². The van der Waals surface area contributed by atoms with Gasteiger partial charge in [0.25, 0.3) is 5.91 Å². The molecule has 0 saturated heterocycles. The Bertz CT molecular complexity index is 2520. The summed E-state index contributed by atoms with van der Waals surface area (Å²) in [4.78, 5) is 50.0. The van der Waals surface area contributed by atoms with Crippen LogP contribution in [0.4, 0.5) is 24.1 Å². The Morgan fingerprint density at radius 2 is 1.64 bits per heavy atom. The van der Waals surface area contributed by atoms with Gasteiger partial charge in [0, 0.05) is 30.6 Å². The number of ether oxygens (including phenoxy) is 2. The lowest BCUT2D eigenvalue weighted by molar-refractivity contribution is -0.154. The highest BCUT2D eigenvalue weighted by Gasteiger charge is 2.40. The molecule has 0 radical (unpaired) electrons. The summed E-state index contributed by atoms with van der Waals surface area (Å²) < 4.78 is 54.3. The molecule has 59 heavy (non-hydrogen) atoms. The molecule has 1 amide bonds. The molecule has 0 saturated carbocycles. The van der Waals surface area contributed by atoms with Gasteiger partial charge in [-0.3, -0.25) is 14.9 Å². The molecular weight excluding hydrogens is 782 g/mol. The number of anilines is 2. The van der Waals surface area contributed by atoms with Crippen LogP contribution in [0.5, 0.6) is 11.5 Å². The molecule has 1 unspecified atom stereocenters. The minimum Gasteiger partial charge on any atom is -0.481 e. The molecule has 1 aliphatic heterocycles. The highest BCUT2D eigenvalue weighted by molar-refractivity contribution is 7.22. The third-order valence-corrected chi connectivity index (χ3v) is 10.9. The van der Waals surface area contributed by atoms with Gasteiger partial charge in [-0.1, -0.05) is 59.9 Å². The summed E-state index contributed by atoms with van der Waals surface area (Å²) in [6, 6.07) is 27.7. The Morgan fingerprint density at radius 1 is 0.898 bits per heavy atom. The standard InChI is InChI=1S/C45H41F3N4O6S/c1-26-30(10-8-13-36(26)57-29-17-15-28(16-18-29)34(45(46,47)48)20-22-39(53)54)31-19-21-38(50-40(31)42(56)58-44(2,3)4)52-24-23-27-9-7-11-32(33(27)25-52)41(55)51-43-49-35-12-5-6-14-37(35)59-43/h5-19,21,34H,20,22-25H2,1-4H3,(H,53,54)(H,49,51,55). The average molecular weight is 823 g/mol. The van der Waals surface area contributed by atoms with Crippen LogP contribution in [0.3, 0.4) is 0 Å². The topological polar surface area (TPSA) is 131 Å². The first-order valence-corrected chi connectivity index (χ1v) is 19.8. The number of amides is 1. The zero-order valence-corrected chi connectivity index (χ0v) is 33.5. The summed E-state index contributed by atoms with van der Waals surface area (Å²) in [5, 5.41) is 12.4. The lowest BCUT2D eigenvalue weighted by Gasteiger charge is -2.31. The van der Waals surface area contributed by atoms with Gasteiger partial charge in [0.2, 0.25) is 0 Å². The lowest BCUT2D eigenvalue weighted by Crippen LogP contribution is -2.33. The number of carboxylic acids is 1. The average Bonchev–Trinajstić information content (AvgIpc) is 3.60. The van der Waals surface area contributed by atoms with Crippen LogP contribution in [0, 0.1) is 6.92 Å². The van der Waals surface area contributed by atoms with Gasteiger partial charge >= 0.3 is 18.1 Å². The number of nitrogens with one attached hydrogen (secondary N) is 1.